The Balaban J connectivity index is 1.67. The van der Waals surface area contributed by atoms with Gasteiger partial charge in [0.1, 0.15) is 23.1 Å². The third kappa shape index (κ3) is 7.51. The zero-order valence-electron chi connectivity index (χ0n) is 18.7. The first-order valence-corrected chi connectivity index (χ1v) is 11.3. The molecule has 2 amide bonds. The van der Waals surface area contributed by atoms with E-state index in [-0.39, 0.29) is 12.2 Å². The highest BCUT2D eigenvalue weighted by Gasteiger charge is 2.13. The van der Waals surface area contributed by atoms with Crippen LogP contribution < -0.4 is 20.1 Å². The van der Waals surface area contributed by atoms with Gasteiger partial charge < -0.3 is 20.1 Å². The zero-order valence-corrected chi connectivity index (χ0v) is 20.2. The van der Waals surface area contributed by atoms with Crippen LogP contribution >= 0.6 is 23.2 Å². The maximum Gasteiger partial charge on any atom is 0.266 e. The molecule has 35 heavy (non-hydrogen) atoms. The molecule has 0 radical (unpaired) electrons. The van der Waals surface area contributed by atoms with Crippen molar-refractivity contribution >= 4 is 52.5 Å². The largest absolute Gasteiger partial charge is 0.494 e. The highest BCUT2D eigenvalue weighted by Crippen LogP contribution is 2.25. The summed E-state index contributed by atoms with van der Waals surface area (Å²) in [5.74, 6) is 0.00831. The second kappa shape index (κ2) is 12.5. The van der Waals surface area contributed by atoms with E-state index in [1.807, 2.05) is 13.0 Å². The normalized spacial score (nSPS) is 10.7. The number of rotatable bonds is 9. The molecule has 0 aromatic heterocycles. The van der Waals surface area contributed by atoms with Gasteiger partial charge in [-0.05, 0) is 61.5 Å². The zero-order chi connectivity index (χ0) is 25.2. The summed E-state index contributed by atoms with van der Waals surface area (Å²) in [6.07, 6.45) is 1.40. The molecule has 0 bridgehead atoms. The Kier molecular flexibility index (Phi) is 9.13. The fourth-order valence-electron chi connectivity index (χ4n) is 2.95. The van der Waals surface area contributed by atoms with E-state index >= 15 is 0 Å². The molecule has 0 aliphatic carbocycles. The van der Waals surface area contributed by atoms with Gasteiger partial charge in [0, 0.05) is 16.9 Å². The van der Waals surface area contributed by atoms with Crippen LogP contribution in [-0.4, -0.2) is 25.0 Å². The van der Waals surface area contributed by atoms with Crippen LogP contribution in [0.25, 0.3) is 6.08 Å². The van der Waals surface area contributed by atoms with E-state index in [2.05, 4.69) is 10.6 Å². The number of carbonyl (C=O) groups is 2. The summed E-state index contributed by atoms with van der Waals surface area (Å²) >= 11 is 11.8. The predicted molar refractivity (Wildman–Crippen MR) is 137 cm³/mol. The summed E-state index contributed by atoms with van der Waals surface area (Å²) < 4.78 is 11.0. The molecule has 0 fully saturated rings. The first-order chi connectivity index (χ1) is 16.9. The van der Waals surface area contributed by atoms with E-state index < -0.39 is 11.8 Å². The number of para-hydroxylation sites is 1. The summed E-state index contributed by atoms with van der Waals surface area (Å²) in [6, 6.07) is 20.2. The molecule has 0 saturated heterocycles. The number of amides is 2. The molecule has 178 valence electrons. The van der Waals surface area contributed by atoms with E-state index in [0.717, 1.165) is 0 Å². The molecular weight excluding hydrogens is 489 g/mol. The third-order valence-electron chi connectivity index (χ3n) is 4.57. The molecule has 9 heteroatoms. The molecule has 0 aliphatic rings. The van der Waals surface area contributed by atoms with Gasteiger partial charge in [0.15, 0.2) is 6.61 Å². The molecule has 0 atom stereocenters. The van der Waals surface area contributed by atoms with Crippen molar-refractivity contribution in [1.29, 1.82) is 5.26 Å². The van der Waals surface area contributed by atoms with Crippen molar-refractivity contribution in [3.05, 3.63) is 87.9 Å². The van der Waals surface area contributed by atoms with E-state index in [0.29, 0.717) is 45.1 Å². The summed E-state index contributed by atoms with van der Waals surface area (Å²) in [4.78, 5) is 24.9. The Morgan fingerprint density at radius 2 is 1.66 bits per heavy atom. The van der Waals surface area contributed by atoms with Crippen LogP contribution in [-0.2, 0) is 9.59 Å². The number of carbonyl (C=O) groups excluding carboxylic acids is 2. The van der Waals surface area contributed by atoms with Crippen molar-refractivity contribution in [2.45, 2.75) is 6.92 Å². The summed E-state index contributed by atoms with van der Waals surface area (Å²) in [7, 11) is 0. The number of nitriles is 1. The lowest BCUT2D eigenvalue weighted by Crippen LogP contribution is -2.20. The number of hydrogen-bond acceptors (Lipinski definition) is 5. The Labute approximate surface area is 212 Å². The molecule has 7 nitrogen and oxygen atoms in total. The smallest absolute Gasteiger partial charge is 0.266 e. The van der Waals surface area contributed by atoms with Crippen molar-refractivity contribution in [3.63, 3.8) is 0 Å². The van der Waals surface area contributed by atoms with E-state index in [1.54, 1.807) is 60.7 Å². The molecule has 0 spiro atoms. The van der Waals surface area contributed by atoms with Gasteiger partial charge in [-0.2, -0.15) is 5.26 Å². The minimum absolute atomic E-state index is 0.129. The Morgan fingerprint density at radius 3 is 2.34 bits per heavy atom. The standard InChI is InChI=1S/C26H21Cl2N3O4/c1-2-34-21-10-7-19(8-11-21)31-26(33)18(15-29)13-17-5-3-4-6-24(17)35-16-25(32)30-20-9-12-22(27)23(28)14-20/h3-14H,2,16H2,1H3,(H,30,32)(H,31,33)/b18-13+. The van der Waals surface area contributed by atoms with Crippen molar-refractivity contribution in [2.24, 2.45) is 0 Å². The molecule has 0 unspecified atom stereocenters. The average Bonchev–Trinajstić information content (AvgIpc) is 2.85. The van der Waals surface area contributed by atoms with E-state index in [9.17, 15) is 14.9 Å². The number of benzene rings is 3. The predicted octanol–water partition coefficient (Wildman–Crippen LogP) is 5.96. The molecule has 2 N–H and O–H groups in total. The van der Waals surface area contributed by atoms with Crippen molar-refractivity contribution < 1.29 is 19.1 Å². The highest BCUT2D eigenvalue weighted by molar-refractivity contribution is 6.42. The van der Waals surface area contributed by atoms with Crippen LogP contribution in [0, 0.1) is 11.3 Å². The number of anilines is 2. The number of nitrogens with one attached hydrogen (secondary N) is 2. The number of ether oxygens (including phenoxy) is 2. The van der Waals surface area contributed by atoms with Crippen molar-refractivity contribution in [1.82, 2.24) is 0 Å². The first-order valence-electron chi connectivity index (χ1n) is 10.5. The van der Waals surface area contributed by atoms with Gasteiger partial charge >= 0.3 is 0 Å². The van der Waals surface area contributed by atoms with Crippen LogP contribution in [0.4, 0.5) is 11.4 Å². The quantitative estimate of drug-likeness (QED) is 0.274. The first kappa shape index (κ1) is 25.6. The van der Waals surface area contributed by atoms with Gasteiger partial charge in [-0.25, -0.2) is 0 Å². The lowest BCUT2D eigenvalue weighted by Gasteiger charge is -2.11. The molecule has 0 heterocycles. The number of nitrogens with zero attached hydrogens (tertiary/aromatic N) is 1. The molecule has 3 aromatic rings. The van der Waals surface area contributed by atoms with Gasteiger partial charge in [0.05, 0.1) is 16.7 Å². The summed E-state index contributed by atoms with van der Waals surface area (Å²) in [6.45, 7) is 2.11. The van der Waals surface area contributed by atoms with Gasteiger partial charge in [0.25, 0.3) is 11.8 Å². The van der Waals surface area contributed by atoms with Crippen LogP contribution in [0.5, 0.6) is 11.5 Å². The lowest BCUT2D eigenvalue weighted by molar-refractivity contribution is -0.118. The van der Waals surface area contributed by atoms with Crippen molar-refractivity contribution in [3.8, 4) is 17.6 Å². The second-order valence-electron chi connectivity index (χ2n) is 7.08. The fourth-order valence-corrected chi connectivity index (χ4v) is 3.25. The monoisotopic (exact) mass is 509 g/mol. The Hall–Kier alpha value is -3.99. The van der Waals surface area contributed by atoms with Crippen LogP contribution in [0.15, 0.2) is 72.3 Å². The number of halogens is 2. The van der Waals surface area contributed by atoms with Gasteiger partial charge in [-0.3, -0.25) is 9.59 Å². The van der Waals surface area contributed by atoms with Crippen LogP contribution in [0.1, 0.15) is 12.5 Å². The molecule has 0 saturated carbocycles. The molecular formula is C26H21Cl2N3O4. The van der Waals surface area contributed by atoms with Crippen LogP contribution in [0.2, 0.25) is 10.0 Å². The molecule has 3 rings (SSSR count). The fraction of sp³-hybridized carbons (Fsp3) is 0.115. The molecule has 0 aliphatic heterocycles. The van der Waals surface area contributed by atoms with E-state index in [4.69, 9.17) is 32.7 Å². The van der Waals surface area contributed by atoms with Crippen LogP contribution in [0.3, 0.4) is 0 Å². The Morgan fingerprint density at radius 1 is 0.943 bits per heavy atom. The third-order valence-corrected chi connectivity index (χ3v) is 5.31. The summed E-state index contributed by atoms with van der Waals surface area (Å²) in [5.41, 5.74) is 1.32. The molecule has 3 aromatic carbocycles. The van der Waals surface area contributed by atoms with Gasteiger partial charge in [-0.15, -0.1) is 0 Å². The highest BCUT2D eigenvalue weighted by atomic mass is 35.5. The van der Waals surface area contributed by atoms with Gasteiger partial charge in [-0.1, -0.05) is 41.4 Å². The van der Waals surface area contributed by atoms with Crippen molar-refractivity contribution in [2.75, 3.05) is 23.8 Å². The SMILES string of the molecule is CCOc1ccc(NC(=O)/C(C#N)=C/c2ccccc2OCC(=O)Nc2ccc(Cl)c(Cl)c2)cc1. The maximum atomic E-state index is 12.6. The summed E-state index contributed by atoms with van der Waals surface area (Å²) in [5, 5.41) is 15.6. The average molecular weight is 510 g/mol. The minimum atomic E-state index is -0.580. The van der Waals surface area contributed by atoms with Gasteiger partial charge in [0.2, 0.25) is 0 Å². The Bertz CT molecular complexity index is 1280. The topological polar surface area (TPSA) is 100 Å². The number of hydrogen-bond donors (Lipinski definition) is 2. The lowest BCUT2D eigenvalue weighted by atomic mass is 10.1. The van der Waals surface area contributed by atoms with E-state index in [1.165, 1.54) is 12.1 Å². The minimum Gasteiger partial charge on any atom is -0.494 e. The second-order valence-corrected chi connectivity index (χ2v) is 7.90. The maximum absolute atomic E-state index is 12.6.